The van der Waals surface area contributed by atoms with E-state index >= 15 is 0 Å². The molecule has 1 N–H and O–H groups in total. The number of halogens is 2. The molecule has 0 saturated carbocycles. The van der Waals surface area contributed by atoms with Crippen LogP contribution in [0.25, 0.3) is 10.4 Å². The van der Waals surface area contributed by atoms with Crippen LogP contribution in [0.5, 0.6) is 5.75 Å². The van der Waals surface area contributed by atoms with E-state index in [1.54, 1.807) is 36.1 Å². The second-order valence-electron chi connectivity index (χ2n) is 6.04. The molecular weight excluding hydrogens is 364 g/mol. The zero-order chi connectivity index (χ0) is 18.8. The molecule has 2 aromatic rings. The lowest BCUT2D eigenvalue weighted by molar-refractivity contribution is -0.142. The quantitative estimate of drug-likeness (QED) is 0.852. The molecule has 1 aliphatic rings. The number of likely N-dealkylation sites (tertiary alicyclic amines) is 1. The summed E-state index contributed by atoms with van der Waals surface area (Å²) in [6.07, 6.45) is 0.450. The molecule has 26 heavy (non-hydrogen) atoms. The smallest absolute Gasteiger partial charge is 0.387 e. The lowest BCUT2D eigenvalue weighted by atomic mass is 10.0. The Morgan fingerprint density at radius 1 is 1.23 bits per heavy atom. The van der Waals surface area contributed by atoms with E-state index in [1.807, 2.05) is 0 Å². The fraction of sp³-hybridized carbons (Fsp3) is 0.333. The average Bonchev–Trinajstić information content (AvgIpc) is 3.21. The number of rotatable bonds is 5. The molecular formula is C18H17F2NO4S. The Morgan fingerprint density at radius 3 is 2.50 bits per heavy atom. The summed E-state index contributed by atoms with van der Waals surface area (Å²) in [4.78, 5) is 26.8. The van der Waals surface area contributed by atoms with E-state index in [0.717, 1.165) is 10.4 Å². The highest BCUT2D eigenvalue weighted by Gasteiger charge is 2.38. The molecule has 1 amide bonds. The maximum Gasteiger partial charge on any atom is 0.387 e. The number of hydrogen-bond acceptors (Lipinski definition) is 4. The summed E-state index contributed by atoms with van der Waals surface area (Å²) >= 11 is 1.28. The third kappa shape index (κ3) is 3.70. The van der Waals surface area contributed by atoms with Crippen molar-refractivity contribution in [3.63, 3.8) is 0 Å². The minimum atomic E-state index is -2.87. The molecule has 0 radical (unpaired) electrons. The summed E-state index contributed by atoms with van der Waals surface area (Å²) in [5.74, 6) is -1.54. The van der Waals surface area contributed by atoms with Crippen molar-refractivity contribution in [3.05, 3.63) is 41.3 Å². The van der Waals surface area contributed by atoms with Gasteiger partial charge in [-0.1, -0.05) is 0 Å². The van der Waals surface area contributed by atoms with E-state index in [1.165, 1.54) is 23.5 Å². The van der Waals surface area contributed by atoms with Gasteiger partial charge in [0.25, 0.3) is 5.91 Å². The minimum Gasteiger partial charge on any atom is -0.481 e. The molecule has 2 unspecified atom stereocenters. The van der Waals surface area contributed by atoms with Crippen LogP contribution < -0.4 is 4.74 Å². The van der Waals surface area contributed by atoms with Crippen molar-refractivity contribution < 1.29 is 28.2 Å². The molecule has 1 aromatic heterocycles. The number of carboxylic acid groups (broad SMARTS) is 1. The summed E-state index contributed by atoms with van der Waals surface area (Å²) in [6, 6.07) is 9.33. The predicted octanol–water partition coefficient (Wildman–Crippen LogP) is 3.95. The topological polar surface area (TPSA) is 66.8 Å². The summed E-state index contributed by atoms with van der Waals surface area (Å²) in [6.45, 7) is -0.701. The molecule has 138 valence electrons. The van der Waals surface area contributed by atoms with Crippen LogP contribution in [-0.4, -0.2) is 41.1 Å². The van der Waals surface area contributed by atoms with Gasteiger partial charge in [-0.25, -0.2) is 0 Å². The van der Waals surface area contributed by atoms with E-state index in [-0.39, 0.29) is 17.7 Å². The number of amides is 1. The SMILES string of the molecule is CC1C(C(=O)O)CCN1C(=O)c1ccc(-c2ccc(OC(F)F)cc2)s1. The predicted molar refractivity (Wildman–Crippen MR) is 92.6 cm³/mol. The third-order valence-electron chi connectivity index (χ3n) is 4.51. The molecule has 8 heteroatoms. The van der Waals surface area contributed by atoms with Crippen LogP contribution in [-0.2, 0) is 4.79 Å². The highest BCUT2D eigenvalue weighted by Crippen LogP contribution is 2.32. The van der Waals surface area contributed by atoms with Crippen LogP contribution in [0.4, 0.5) is 8.78 Å². The number of aliphatic carboxylic acids is 1. The summed E-state index contributed by atoms with van der Waals surface area (Å²) in [5, 5.41) is 9.19. The van der Waals surface area contributed by atoms with Gasteiger partial charge in [0.1, 0.15) is 5.75 Å². The molecule has 2 atom stereocenters. The van der Waals surface area contributed by atoms with E-state index in [0.29, 0.717) is 17.8 Å². The standard InChI is InChI=1S/C18H17F2NO4S/c1-10-13(17(23)24)8-9-21(10)16(22)15-7-6-14(26-15)11-2-4-12(5-3-11)25-18(19)20/h2-7,10,13,18H,8-9H2,1H3,(H,23,24). The van der Waals surface area contributed by atoms with Gasteiger partial charge in [-0.3, -0.25) is 9.59 Å². The van der Waals surface area contributed by atoms with Crippen molar-refractivity contribution in [2.45, 2.75) is 26.0 Å². The van der Waals surface area contributed by atoms with Crippen LogP contribution in [0.15, 0.2) is 36.4 Å². The molecule has 2 heterocycles. The number of carboxylic acids is 1. The molecule has 3 rings (SSSR count). The monoisotopic (exact) mass is 381 g/mol. The molecule has 1 aromatic carbocycles. The molecule has 0 aliphatic carbocycles. The van der Waals surface area contributed by atoms with Crippen LogP contribution in [0, 0.1) is 5.92 Å². The molecule has 1 fully saturated rings. The number of ether oxygens (including phenoxy) is 1. The average molecular weight is 381 g/mol. The maximum atomic E-state index is 12.7. The number of thiophene rings is 1. The van der Waals surface area contributed by atoms with Gasteiger partial charge in [-0.15, -0.1) is 11.3 Å². The lowest BCUT2D eigenvalue weighted by Crippen LogP contribution is -2.37. The second kappa shape index (κ2) is 7.41. The largest absolute Gasteiger partial charge is 0.481 e. The number of nitrogens with zero attached hydrogens (tertiary/aromatic N) is 1. The zero-order valence-corrected chi connectivity index (χ0v) is 14.7. The minimum absolute atomic E-state index is 0.0715. The molecule has 5 nitrogen and oxygen atoms in total. The molecule has 0 spiro atoms. The van der Waals surface area contributed by atoms with Crippen LogP contribution in [0.1, 0.15) is 23.0 Å². The first-order chi connectivity index (χ1) is 12.4. The first-order valence-electron chi connectivity index (χ1n) is 8.05. The Bertz CT molecular complexity index is 806. The third-order valence-corrected chi connectivity index (χ3v) is 5.64. The van der Waals surface area contributed by atoms with Crippen LogP contribution in [0.2, 0.25) is 0 Å². The van der Waals surface area contributed by atoms with Crippen molar-refractivity contribution in [3.8, 4) is 16.2 Å². The zero-order valence-electron chi connectivity index (χ0n) is 13.9. The Labute approximate surface area is 152 Å². The number of hydrogen-bond donors (Lipinski definition) is 1. The van der Waals surface area contributed by atoms with Gasteiger partial charge < -0.3 is 14.7 Å². The van der Waals surface area contributed by atoms with Crippen molar-refractivity contribution >= 4 is 23.2 Å². The summed E-state index contributed by atoms with van der Waals surface area (Å²) in [5.41, 5.74) is 0.786. The molecule has 0 bridgehead atoms. The number of carbonyl (C=O) groups is 2. The van der Waals surface area contributed by atoms with Gasteiger partial charge in [0, 0.05) is 17.5 Å². The van der Waals surface area contributed by atoms with Gasteiger partial charge >= 0.3 is 12.6 Å². The van der Waals surface area contributed by atoms with Gasteiger partial charge in [0.2, 0.25) is 0 Å². The Morgan fingerprint density at radius 2 is 1.92 bits per heavy atom. The van der Waals surface area contributed by atoms with Gasteiger partial charge in [-0.05, 0) is 55.3 Å². The fourth-order valence-corrected chi connectivity index (χ4v) is 4.07. The van der Waals surface area contributed by atoms with E-state index < -0.39 is 18.5 Å². The lowest BCUT2D eigenvalue weighted by Gasteiger charge is -2.22. The van der Waals surface area contributed by atoms with E-state index in [4.69, 9.17) is 0 Å². The first-order valence-corrected chi connectivity index (χ1v) is 8.87. The maximum absolute atomic E-state index is 12.7. The molecule has 1 aliphatic heterocycles. The van der Waals surface area contributed by atoms with Gasteiger partial charge in [0.05, 0.1) is 10.8 Å². The van der Waals surface area contributed by atoms with Crippen molar-refractivity contribution in [1.29, 1.82) is 0 Å². The molecule has 1 saturated heterocycles. The highest BCUT2D eigenvalue weighted by molar-refractivity contribution is 7.17. The van der Waals surface area contributed by atoms with Crippen LogP contribution in [0.3, 0.4) is 0 Å². The fourth-order valence-electron chi connectivity index (χ4n) is 3.11. The summed E-state index contributed by atoms with van der Waals surface area (Å²) < 4.78 is 28.7. The Hall–Kier alpha value is -2.48. The Kier molecular flexibility index (Phi) is 5.22. The first kappa shape index (κ1) is 18.3. The van der Waals surface area contributed by atoms with E-state index in [9.17, 15) is 23.5 Å². The van der Waals surface area contributed by atoms with Gasteiger partial charge in [0.15, 0.2) is 0 Å². The van der Waals surface area contributed by atoms with Crippen molar-refractivity contribution in [2.24, 2.45) is 5.92 Å². The highest BCUT2D eigenvalue weighted by atomic mass is 32.1. The van der Waals surface area contributed by atoms with Crippen molar-refractivity contribution in [1.82, 2.24) is 4.90 Å². The normalized spacial score (nSPS) is 19.8. The number of carbonyl (C=O) groups excluding carboxylic acids is 1. The summed E-state index contributed by atoms with van der Waals surface area (Å²) in [7, 11) is 0. The van der Waals surface area contributed by atoms with Crippen LogP contribution >= 0.6 is 11.3 Å². The number of alkyl halides is 2. The Balaban J connectivity index is 1.73. The second-order valence-corrected chi connectivity index (χ2v) is 7.12. The van der Waals surface area contributed by atoms with Crippen molar-refractivity contribution in [2.75, 3.05) is 6.54 Å². The number of benzene rings is 1. The van der Waals surface area contributed by atoms with E-state index in [2.05, 4.69) is 4.74 Å². The van der Waals surface area contributed by atoms with Gasteiger partial charge in [-0.2, -0.15) is 8.78 Å².